The number of rotatable bonds is 5. The van der Waals surface area contributed by atoms with Gasteiger partial charge in [-0.05, 0) is 133 Å². The highest BCUT2D eigenvalue weighted by Crippen LogP contribution is 2.67. The van der Waals surface area contributed by atoms with Crippen molar-refractivity contribution in [3.63, 3.8) is 0 Å². The molecule has 1 spiro atoms. The van der Waals surface area contributed by atoms with Crippen LogP contribution in [0.3, 0.4) is 0 Å². The third kappa shape index (κ3) is 5.28. The van der Waals surface area contributed by atoms with Gasteiger partial charge in [-0.25, -0.2) is 0 Å². The monoisotopic (exact) mass is 872 g/mol. The lowest BCUT2D eigenvalue weighted by Crippen LogP contribution is -2.60. The molecule has 1 aromatic heterocycles. The first-order valence-electron chi connectivity index (χ1n) is 23.7. The minimum absolute atomic E-state index is 0.00753. The maximum atomic E-state index is 2.63. The summed E-state index contributed by atoms with van der Waals surface area (Å²) in [5.74, 6) is 0.400. The maximum absolute atomic E-state index is 2.63. The van der Waals surface area contributed by atoms with Crippen LogP contribution in [0.15, 0.2) is 212 Å². The molecule has 0 bridgehead atoms. The molecule has 316 valence electrons. The zero-order chi connectivity index (χ0) is 44.5. The van der Waals surface area contributed by atoms with Gasteiger partial charge in [-0.15, -0.1) is 11.3 Å². The minimum atomic E-state index is -0.443. The molecule has 9 aromatic carbocycles. The van der Waals surface area contributed by atoms with Gasteiger partial charge >= 0.3 is 0 Å². The van der Waals surface area contributed by atoms with Crippen molar-refractivity contribution >= 4 is 67.9 Å². The number of nitrogens with zero attached hydrogens (tertiary/aromatic N) is 2. The molecule has 14 rings (SSSR count). The highest BCUT2D eigenvalue weighted by atomic mass is 32.1. The van der Waals surface area contributed by atoms with Gasteiger partial charge < -0.3 is 9.80 Å². The predicted molar refractivity (Wildman–Crippen MR) is 284 cm³/mol. The molecular weight excluding hydrogens is 828 g/mol. The second kappa shape index (κ2) is 14.4. The Morgan fingerprint density at radius 1 is 0.463 bits per heavy atom. The van der Waals surface area contributed by atoms with Gasteiger partial charge in [0, 0.05) is 43.7 Å². The van der Waals surface area contributed by atoms with Crippen LogP contribution in [-0.4, -0.2) is 6.71 Å². The first-order chi connectivity index (χ1) is 33.0. The molecule has 0 amide bonds. The molecule has 2 aliphatic heterocycles. The molecule has 0 saturated carbocycles. The Labute approximate surface area is 397 Å². The average molecular weight is 873 g/mol. The summed E-state index contributed by atoms with van der Waals surface area (Å²) in [6, 6.07) is 80.1. The van der Waals surface area contributed by atoms with Crippen molar-refractivity contribution in [2.75, 3.05) is 9.80 Å². The molecule has 0 saturated heterocycles. The van der Waals surface area contributed by atoms with Crippen molar-refractivity contribution in [2.45, 2.75) is 32.1 Å². The normalized spacial score (nSPS) is 14.1. The van der Waals surface area contributed by atoms with Crippen LogP contribution in [0.2, 0.25) is 0 Å². The molecule has 2 aliphatic carbocycles. The fourth-order valence-electron chi connectivity index (χ4n) is 12.3. The van der Waals surface area contributed by atoms with Crippen LogP contribution < -0.4 is 25.5 Å². The van der Waals surface area contributed by atoms with E-state index in [9.17, 15) is 0 Å². The van der Waals surface area contributed by atoms with Gasteiger partial charge in [-0.3, -0.25) is 0 Å². The van der Waals surface area contributed by atoms with E-state index in [2.05, 4.69) is 254 Å². The molecule has 67 heavy (non-hydrogen) atoms. The SMILES string of the molecule is Cc1cc2c3c(c1)N(c1ccccc1)c1c(sc4c1-c1ccccc1C41c4ccccc4-c4ccccc41)B3c1ccc(-c3cc(C(C)C)ccc3-c3ccccc3)cc1N2c1ccccc1. The van der Waals surface area contributed by atoms with Crippen LogP contribution in [0, 0.1) is 6.92 Å². The first-order valence-corrected chi connectivity index (χ1v) is 24.5. The van der Waals surface area contributed by atoms with Gasteiger partial charge in [0.1, 0.15) is 0 Å². The van der Waals surface area contributed by atoms with Crippen LogP contribution >= 0.6 is 11.3 Å². The van der Waals surface area contributed by atoms with Crippen LogP contribution in [0.25, 0.3) is 44.5 Å². The number of anilines is 6. The Bertz CT molecular complexity index is 3600. The van der Waals surface area contributed by atoms with E-state index in [1.54, 1.807) is 0 Å². The quantitative estimate of drug-likeness (QED) is 0.159. The summed E-state index contributed by atoms with van der Waals surface area (Å²) in [7, 11) is 0. The van der Waals surface area contributed by atoms with E-state index in [0.29, 0.717) is 5.92 Å². The van der Waals surface area contributed by atoms with E-state index < -0.39 is 5.41 Å². The van der Waals surface area contributed by atoms with Crippen LogP contribution in [-0.2, 0) is 5.41 Å². The molecule has 4 heteroatoms. The second-order valence-corrected chi connectivity index (χ2v) is 20.0. The maximum Gasteiger partial charge on any atom is 0.264 e. The zero-order valence-corrected chi connectivity index (χ0v) is 38.5. The van der Waals surface area contributed by atoms with Crippen molar-refractivity contribution < 1.29 is 0 Å². The summed E-state index contributed by atoms with van der Waals surface area (Å²) in [6.45, 7) is 6.86. The smallest absolute Gasteiger partial charge is 0.264 e. The summed E-state index contributed by atoms with van der Waals surface area (Å²) in [6.07, 6.45) is 0. The molecule has 3 heterocycles. The van der Waals surface area contributed by atoms with Gasteiger partial charge in [-0.2, -0.15) is 0 Å². The number of thiophene rings is 1. The summed E-state index contributed by atoms with van der Waals surface area (Å²) >= 11 is 2.05. The van der Waals surface area contributed by atoms with Crippen LogP contribution in [0.5, 0.6) is 0 Å². The van der Waals surface area contributed by atoms with E-state index in [-0.39, 0.29) is 6.71 Å². The van der Waals surface area contributed by atoms with Gasteiger partial charge in [-0.1, -0.05) is 184 Å². The molecule has 0 unspecified atom stereocenters. The number of fused-ring (bicyclic) bond motifs is 15. The molecule has 4 aliphatic rings. The zero-order valence-electron chi connectivity index (χ0n) is 37.7. The summed E-state index contributed by atoms with van der Waals surface area (Å²) in [5.41, 5.74) is 26.6. The summed E-state index contributed by atoms with van der Waals surface area (Å²) < 4.78 is 1.40. The lowest BCUT2D eigenvalue weighted by Gasteiger charge is -2.43. The van der Waals surface area contributed by atoms with Crippen molar-refractivity contribution in [1.82, 2.24) is 0 Å². The Hall–Kier alpha value is -7.66. The topological polar surface area (TPSA) is 6.48 Å². The fourth-order valence-corrected chi connectivity index (χ4v) is 13.9. The third-order valence-electron chi connectivity index (χ3n) is 15.1. The Balaban J connectivity index is 1.10. The van der Waals surface area contributed by atoms with E-state index >= 15 is 0 Å². The Morgan fingerprint density at radius 3 is 1.66 bits per heavy atom. The van der Waals surface area contributed by atoms with Crippen molar-refractivity contribution in [3.05, 3.63) is 245 Å². The van der Waals surface area contributed by atoms with E-state index in [1.807, 2.05) is 0 Å². The largest absolute Gasteiger partial charge is 0.311 e. The van der Waals surface area contributed by atoms with Gasteiger partial charge in [0.2, 0.25) is 0 Å². The summed E-state index contributed by atoms with van der Waals surface area (Å²) in [4.78, 5) is 6.61. The average Bonchev–Trinajstić information content (AvgIpc) is 4.01. The first kappa shape index (κ1) is 38.6. The number of aryl methyl sites for hydroxylation is 1. The lowest BCUT2D eigenvalue weighted by molar-refractivity contribution is 0.811. The number of hydrogen-bond donors (Lipinski definition) is 0. The molecule has 0 atom stereocenters. The van der Waals surface area contributed by atoms with E-state index in [0.717, 1.165) is 5.69 Å². The van der Waals surface area contributed by atoms with Crippen molar-refractivity contribution in [1.29, 1.82) is 0 Å². The standard InChI is InChI=1S/C63H45BN2S/c1-39(2)42-31-33-46(41-19-7-4-8-20-41)50(37-42)43-32-34-54-55(38-43)65(44-21-9-5-10-22-44)56-35-40(3)36-57-59(56)64(54)62-60(66(57)45-23-11-6-12-24-45)58-49-27-15-18-30-53(49)63(61(58)67-62)51-28-16-13-25-47(51)48-26-14-17-29-52(48)63/h4-39H,1-3H3. The predicted octanol–water partition coefficient (Wildman–Crippen LogP) is 14.9. The highest BCUT2D eigenvalue weighted by Gasteiger charge is 2.56. The molecule has 2 nitrogen and oxygen atoms in total. The van der Waals surface area contributed by atoms with E-state index in [1.165, 1.54) is 121 Å². The van der Waals surface area contributed by atoms with Crippen molar-refractivity contribution in [2.24, 2.45) is 0 Å². The lowest BCUT2D eigenvalue weighted by atomic mass is 9.36. The van der Waals surface area contributed by atoms with Crippen LogP contribution in [0.4, 0.5) is 34.1 Å². The third-order valence-corrected chi connectivity index (χ3v) is 16.4. The summed E-state index contributed by atoms with van der Waals surface area (Å²) in [5, 5.41) is 0. The van der Waals surface area contributed by atoms with Crippen molar-refractivity contribution in [3.8, 4) is 44.5 Å². The molecule has 0 N–H and O–H groups in total. The number of hydrogen-bond acceptors (Lipinski definition) is 3. The van der Waals surface area contributed by atoms with Gasteiger partial charge in [0.15, 0.2) is 0 Å². The van der Waals surface area contributed by atoms with Gasteiger partial charge in [0.05, 0.1) is 11.1 Å². The van der Waals surface area contributed by atoms with Crippen LogP contribution in [0.1, 0.15) is 52.5 Å². The molecular formula is C63H45BN2S. The molecule has 10 aromatic rings. The second-order valence-electron chi connectivity index (χ2n) is 19.0. The Kier molecular flexibility index (Phi) is 8.31. The Morgan fingerprint density at radius 2 is 1.01 bits per heavy atom. The number of benzene rings is 9. The van der Waals surface area contributed by atoms with E-state index in [4.69, 9.17) is 0 Å². The fraction of sp³-hybridized carbons (Fsp3) is 0.0794. The van der Waals surface area contributed by atoms with Gasteiger partial charge in [0.25, 0.3) is 6.71 Å². The number of para-hydroxylation sites is 2. The highest BCUT2D eigenvalue weighted by molar-refractivity contribution is 7.30. The molecule has 0 radical (unpaired) electrons. The minimum Gasteiger partial charge on any atom is -0.311 e. The molecule has 0 fully saturated rings.